The van der Waals surface area contributed by atoms with Crippen molar-refractivity contribution in [1.82, 2.24) is 4.90 Å². The number of hydrogen-bond donors (Lipinski definition) is 0. The Morgan fingerprint density at radius 2 is 2.00 bits per heavy atom. The minimum absolute atomic E-state index is 0.0426. The average Bonchev–Trinajstić information content (AvgIpc) is 2.56. The molecule has 4 nitrogen and oxygen atoms in total. The summed E-state index contributed by atoms with van der Waals surface area (Å²) in [5.74, 6) is -2.16. The van der Waals surface area contributed by atoms with E-state index in [1.54, 1.807) is 13.8 Å². The number of halogens is 3. The van der Waals surface area contributed by atoms with Crippen LogP contribution in [0, 0.1) is 11.8 Å². The molecule has 1 rings (SSSR count). The van der Waals surface area contributed by atoms with Crippen molar-refractivity contribution < 1.29 is 27.5 Å². The molecule has 0 aromatic rings. The first-order valence-electron chi connectivity index (χ1n) is 5.70. The fraction of sp³-hybridized carbons (Fsp3) is 0.818. The molecule has 0 unspecified atom stereocenters. The maximum Gasteiger partial charge on any atom is 0.416 e. The lowest BCUT2D eigenvalue weighted by atomic mass is 10.0. The third-order valence-corrected chi connectivity index (χ3v) is 2.87. The van der Waals surface area contributed by atoms with E-state index in [9.17, 15) is 22.8 Å². The van der Waals surface area contributed by atoms with E-state index in [1.807, 2.05) is 0 Å². The lowest BCUT2D eigenvalue weighted by molar-refractivity contribution is -0.157. The zero-order valence-corrected chi connectivity index (χ0v) is 10.5. The molecule has 7 heteroatoms. The Kier molecular flexibility index (Phi) is 4.24. The Hall–Kier alpha value is -1.27. The van der Waals surface area contributed by atoms with Crippen LogP contribution >= 0.6 is 0 Å². The Bertz CT molecular complexity index is 341. The van der Waals surface area contributed by atoms with Crippen molar-refractivity contribution in [2.45, 2.75) is 39.4 Å². The van der Waals surface area contributed by atoms with E-state index < -0.39 is 36.6 Å². The molecule has 1 aliphatic rings. The van der Waals surface area contributed by atoms with Gasteiger partial charge in [-0.05, 0) is 5.92 Å². The van der Waals surface area contributed by atoms with Crippen molar-refractivity contribution in [2.75, 3.05) is 6.61 Å². The molecule has 2 amide bonds. The predicted molar refractivity (Wildman–Crippen MR) is 56.7 cm³/mol. The summed E-state index contributed by atoms with van der Waals surface area (Å²) in [6, 6.07) is -0.485. The number of rotatable bonds is 3. The standard InChI is InChI=1S/C11H16F3NO3/c1-6(2)8-5-18-10(17)15(8)9(16)7(3)4-11(12,13)14/h6-8H,4-5H2,1-3H3/t7-,8+/m0/s1. The number of carbonyl (C=O) groups is 2. The molecule has 0 bridgehead atoms. The Morgan fingerprint density at radius 1 is 1.44 bits per heavy atom. The lowest BCUT2D eigenvalue weighted by Gasteiger charge is -2.25. The summed E-state index contributed by atoms with van der Waals surface area (Å²) in [4.78, 5) is 24.1. The van der Waals surface area contributed by atoms with Crippen LogP contribution in [0.3, 0.4) is 0 Å². The second-order valence-electron chi connectivity index (χ2n) is 4.82. The van der Waals surface area contributed by atoms with E-state index in [2.05, 4.69) is 0 Å². The van der Waals surface area contributed by atoms with E-state index in [1.165, 1.54) is 6.92 Å². The minimum Gasteiger partial charge on any atom is -0.447 e. The van der Waals surface area contributed by atoms with Crippen molar-refractivity contribution in [3.05, 3.63) is 0 Å². The maximum atomic E-state index is 12.2. The van der Waals surface area contributed by atoms with E-state index in [4.69, 9.17) is 4.74 Å². The molecule has 18 heavy (non-hydrogen) atoms. The summed E-state index contributed by atoms with van der Waals surface area (Å²) >= 11 is 0. The molecule has 0 N–H and O–H groups in total. The van der Waals surface area contributed by atoms with Gasteiger partial charge in [0.1, 0.15) is 6.61 Å². The van der Waals surface area contributed by atoms with Gasteiger partial charge in [-0.2, -0.15) is 13.2 Å². The predicted octanol–water partition coefficient (Wildman–Crippen LogP) is 2.58. The van der Waals surface area contributed by atoms with Gasteiger partial charge in [-0.1, -0.05) is 20.8 Å². The van der Waals surface area contributed by atoms with Gasteiger partial charge in [0.2, 0.25) is 5.91 Å². The fourth-order valence-electron chi connectivity index (χ4n) is 1.85. The van der Waals surface area contributed by atoms with Crippen molar-refractivity contribution >= 4 is 12.0 Å². The number of imide groups is 1. The molecule has 1 heterocycles. The molecular weight excluding hydrogens is 251 g/mol. The summed E-state index contributed by atoms with van der Waals surface area (Å²) in [5.41, 5.74) is 0. The molecular formula is C11H16F3NO3. The first-order valence-corrected chi connectivity index (χ1v) is 5.70. The molecule has 1 fully saturated rings. The molecule has 1 aliphatic heterocycles. The van der Waals surface area contributed by atoms with Crippen LogP contribution in [0.2, 0.25) is 0 Å². The topological polar surface area (TPSA) is 46.6 Å². The van der Waals surface area contributed by atoms with Crippen LogP contribution in [0.5, 0.6) is 0 Å². The van der Waals surface area contributed by atoms with Crippen molar-refractivity contribution in [3.8, 4) is 0 Å². The van der Waals surface area contributed by atoms with E-state index >= 15 is 0 Å². The summed E-state index contributed by atoms with van der Waals surface area (Å²) in [5, 5.41) is 0. The summed E-state index contributed by atoms with van der Waals surface area (Å²) in [6.45, 7) is 4.77. The fourth-order valence-corrected chi connectivity index (χ4v) is 1.85. The highest BCUT2D eigenvalue weighted by Crippen LogP contribution is 2.28. The van der Waals surface area contributed by atoms with Gasteiger partial charge in [0.05, 0.1) is 12.5 Å². The Morgan fingerprint density at radius 3 is 2.44 bits per heavy atom. The van der Waals surface area contributed by atoms with Crippen LogP contribution in [0.25, 0.3) is 0 Å². The second-order valence-corrected chi connectivity index (χ2v) is 4.82. The molecule has 2 atom stereocenters. The average molecular weight is 267 g/mol. The van der Waals surface area contributed by atoms with Crippen molar-refractivity contribution in [3.63, 3.8) is 0 Å². The highest BCUT2D eigenvalue weighted by Gasteiger charge is 2.43. The minimum atomic E-state index is -4.42. The van der Waals surface area contributed by atoms with E-state index in [0.29, 0.717) is 0 Å². The molecule has 0 aromatic heterocycles. The Labute approximate surface area is 103 Å². The molecule has 0 spiro atoms. The number of carbonyl (C=O) groups excluding carboxylic acids is 2. The zero-order valence-electron chi connectivity index (χ0n) is 10.5. The number of cyclic esters (lactones) is 1. The van der Waals surface area contributed by atoms with Crippen LogP contribution in [0.15, 0.2) is 0 Å². The van der Waals surface area contributed by atoms with E-state index in [-0.39, 0.29) is 12.5 Å². The van der Waals surface area contributed by atoms with Crippen molar-refractivity contribution in [1.29, 1.82) is 0 Å². The third kappa shape index (κ3) is 3.36. The molecule has 1 saturated heterocycles. The molecule has 0 aromatic carbocycles. The van der Waals surface area contributed by atoms with Crippen LogP contribution in [-0.2, 0) is 9.53 Å². The van der Waals surface area contributed by atoms with Crippen LogP contribution in [0.4, 0.5) is 18.0 Å². The van der Waals surface area contributed by atoms with Gasteiger partial charge < -0.3 is 4.74 Å². The van der Waals surface area contributed by atoms with Crippen LogP contribution in [-0.4, -0.2) is 35.7 Å². The number of alkyl halides is 3. The first-order chi connectivity index (χ1) is 8.13. The number of amides is 2. The molecule has 0 radical (unpaired) electrons. The zero-order chi connectivity index (χ0) is 14.1. The highest BCUT2D eigenvalue weighted by atomic mass is 19.4. The van der Waals surface area contributed by atoms with Gasteiger partial charge in [-0.15, -0.1) is 0 Å². The monoisotopic (exact) mass is 267 g/mol. The highest BCUT2D eigenvalue weighted by molar-refractivity contribution is 5.94. The van der Waals surface area contributed by atoms with Gasteiger partial charge in [0.25, 0.3) is 0 Å². The normalized spacial score (nSPS) is 22.3. The quantitative estimate of drug-likeness (QED) is 0.789. The van der Waals surface area contributed by atoms with E-state index in [0.717, 1.165) is 4.90 Å². The summed E-state index contributed by atoms with van der Waals surface area (Å²) in [7, 11) is 0. The largest absolute Gasteiger partial charge is 0.447 e. The molecule has 104 valence electrons. The smallest absolute Gasteiger partial charge is 0.416 e. The van der Waals surface area contributed by atoms with Gasteiger partial charge in [-0.3, -0.25) is 4.79 Å². The molecule has 0 saturated carbocycles. The first kappa shape index (κ1) is 14.8. The van der Waals surface area contributed by atoms with Gasteiger partial charge in [0.15, 0.2) is 0 Å². The third-order valence-electron chi connectivity index (χ3n) is 2.87. The van der Waals surface area contributed by atoms with Gasteiger partial charge >= 0.3 is 12.3 Å². The van der Waals surface area contributed by atoms with Gasteiger partial charge in [0, 0.05) is 5.92 Å². The van der Waals surface area contributed by atoms with Crippen LogP contribution < -0.4 is 0 Å². The lowest BCUT2D eigenvalue weighted by Crippen LogP contribution is -2.45. The van der Waals surface area contributed by atoms with Crippen LogP contribution in [0.1, 0.15) is 27.2 Å². The Balaban J connectivity index is 2.78. The second kappa shape index (κ2) is 5.16. The number of ether oxygens (including phenoxy) is 1. The number of hydrogen-bond acceptors (Lipinski definition) is 3. The van der Waals surface area contributed by atoms with Gasteiger partial charge in [-0.25, -0.2) is 9.69 Å². The molecule has 0 aliphatic carbocycles. The summed E-state index contributed by atoms with van der Waals surface area (Å²) < 4.78 is 41.4. The number of nitrogens with zero attached hydrogens (tertiary/aromatic N) is 1. The maximum absolute atomic E-state index is 12.2. The van der Waals surface area contributed by atoms with Crippen molar-refractivity contribution in [2.24, 2.45) is 11.8 Å². The SMILES string of the molecule is CC(C)[C@H]1COC(=O)N1C(=O)[C@@H](C)CC(F)(F)F. The summed E-state index contributed by atoms with van der Waals surface area (Å²) in [6.07, 6.45) is -6.51.